The molecule has 0 aliphatic carbocycles. The van der Waals surface area contributed by atoms with E-state index in [1.165, 1.54) is 17.0 Å². The average molecular weight is 270 g/mol. The van der Waals surface area contributed by atoms with Crippen LogP contribution in [-0.2, 0) is 0 Å². The van der Waals surface area contributed by atoms with Crippen molar-refractivity contribution in [2.75, 3.05) is 26.8 Å². The number of urea groups is 1. The Morgan fingerprint density at radius 2 is 2.32 bits per heavy atom. The summed E-state index contributed by atoms with van der Waals surface area (Å²) in [7, 11) is 1.60. The largest absolute Gasteiger partial charge is 0.492 e. The smallest absolute Gasteiger partial charge is 0.317 e. The van der Waals surface area contributed by atoms with Crippen LogP contribution in [0.2, 0.25) is 0 Å². The highest BCUT2D eigenvalue weighted by Gasteiger charge is 2.13. The van der Waals surface area contributed by atoms with E-state index >= 15 is 0 Å². The van der Waals surface area contributed by atoms with Crippen molar-refractivity contribution in [3.63, 3.8) is 0 Å². The van der Waals surface area contributed by atoms with E-state index in [-0.39, 0.29) is 31.1 Å². The first kappa shape index (κ1) is 15.2. The molecule has 2 N–H and O–H groups in total. The molecule has 5 nitrogen and oxygen atoms in total. The molecule has 0 aromatic heterocycles. The van der Waals surface area contributed by atoms with Crippen LogP contribution in [0, 0.1) is 5.82 Å². The van der Waals surface area contributed by atoms with Gasteiger partial charge in [-0.3, -0.25) is 0 Å². The SMILES string of the molecule is CC(CO)N(C)C(=O)NCCOc1cccc(F)c1. The number of aliphatic hydroxyl groups is 1. The van der Waals surface area contributed by atoms with Crippen molar-refractivity contribution < 1.29 is 19.0 Å². The lowest BCUT2D eigenvalue weighted by atomic mass is 10.3. The molecule has 0 saturated carbocycles. The highest BCUT2D eigenvalue weighted by atomic mass is 19.1. The minimum Gasteiger partial charge on any atom is -0.492 e. The quantitative estimate of drug-likeness (QED) is 0.764. The number of hydrogen-bond donors (Lipinski definition) is 2. The Kier molecular flexibility index (Phi) is 6.08. The number of carbonyl (C=O) groups is 1. The maximum absolute atomic E-state index is 12.9. The van der Waals surface area contributed by atoms with Gasteiger partial charge in [0.15, 0.2) is 0 Å². The lowest BCUT2D eigenvalue weighted by Crippen LogP contribution is -2.44. The van der Waals surface area contributed by atoms with Gasteiger partial charge in [-0.1, -0.05) is 6.07 Å². The molecule has 1 unspecified atom stereocenters. The van der Waals surface area contributed by atoms with Gasteiger partial charge in [0.05, 0.1) is 19.2 Å². The van der Waals surface area contributed by atoms with E-state index in [2.05, 4.69) is 5.32 Å². The molecule has 0 bridgehead atoms. The van der Waals surface area contributed by atoms with Gasteiger partial charge in [0, 0.05) is 13.1 Å². The van der Waals surface area contributed by atoms with Crippen LogP contribution in [-0.4, -0.2) is 48.9 Å². The van der Waals surface area contributed by atoms with E-state index in [9.17, 15) is 9.18 Å². The minimum absolute atomic E-state index is 0.0935. The zero-order valence-electron chi connectivity index (χ0n) is 11.1. The summed E-state index contributed by atoms with van der Waals surface area (Å²) < 4.78 is 18.1. The lowest BCUT2D eigenvalue weighted by Gasteiger charge is -2.23. The average Bonchev–Trinajstić information content (AvgIpc) is 2.41. The van der Waals surface area contributed by atoms with Gasteiger partial charge < -0.3 is 20.1 Å². The summed E-state index contributed by atoms with van der Waals surface area (Å²) in [5, 5.41) is 11.6. The van der Waals surface area contributed by atoms with Crippen molar-refractivity contribution in [2.24, 2.45) is 0 Å². The molecular weight excluding hydrogens is 251 g/mol. The molecule has 0 fully saturated rings. The van der Waals surface area contributed by atoms with Gasteiger partial charge in [-0.15, -0.1) is 0 Å². The Morgan fingerprint density at radius 1 is 1.58 bits per heavy atom. The zero-order valence-corrected chi connectivity index (χ0v) is 11.1. The van der Waals surface area contributed by atoms with Crippen LogP contribution in [0.5, 0.6) is 5.75 Å². The summed E-state index contributed by atoms with van der Waals surface area (Å²) in [6.45, 7) is 2.20. The van der Waals surface area contributed by atoms with Crippen molar-refractivity contribution in [3.8, 4) is 5.75 Å². The number of likely N-dealkylation sites (N-methyl/N-ethyl adjacent to an activating group) is 1. The first-order valence-corrected chi connectivity index (χ1v) is 6.04. The number of nitrogens with zero attached hydrogens (tertiary/aromatic N) is 1. The third-order valence-corrected chi connectivity index (χ3v) is 2.69. The fourth-order valence-electron chi connectivity index (χ4n) is 1.33. The number of halogens is 1. The van der Waals surface area contributed by atoms with Crippen LogP contribution in [0.3, 0.4) is 0 Å². The number of rotatable bonds is 6. The third-order valence-electron chi connectivity index (χ3n) is 2.69. The van der Waals surface area contributed by atoms with Gasteiger partial charge in [-0.2, -0.15) is 0 Å². The molecule has 0 aliphatic rings. The Balaban J connectivity index is 2.26. The van der Waals surface area contributed by atoms with E-state index in [1.807, 2.05) is 0 Å². The van der Waals surface area contributed by atoms with Crippen molar-refractivity contribution in [2.45, 2.75) is 13.0 Å². The molecule has 106 valence electrons. The number of ether oxygens (including phenoxy) is 1. The second-order valence-corrected chi connectivity index (χ2v) is 4.18. The number of benzene rings is 1. The number of hydrogen-bond acceptors (Lipinski definition) is 3. The van der Waals surface area contributed by atoms with Crippen LogP contribution in [0.25, 0.3) is 0 Å². The topological polar surface area (TPSA) is 61.8 Å². The summed E-state index contributed by atoms with van der Waals surface area (Å²) in [4.78, 5) is 13.0. The monoisotopic (exact) mass is 270 g/mol. The molecule has 0 aliphatic heterocycles. The molecule has 1 atom stereocenters. The van der Waals surface area contributed by atoms with Crippen LogP contribution < -0.4 is 10.1 Å². The molecule has 1 aromatic carbocycles. The van der Waals surface area contributed by atoms with Gasteiger partial charge in [-0.25, -0.2) is 9.18 Å². The van der Waals surface area contributed by atoms with Crippen molar-refractivity contribution in [1.82, 2.24) is 10.2 Å². The van der Waals surface area contributed by atoms with Crippen LogP contribution in [0.15, 0.2) is 24.3 Å². The molecule has 19 heavy (non-hydrogen) atoms. The molecule has 0 spiro atoms. The molecule has 1 aromatic rings. The first-order valence-electron chi connectivity index (χ1n) is 6.04. The van der Waals surface area contributed by atoms with Crippen LogP contribution >= 0.6 is 0 Å². The second kappa shape index (κ2) is 7.58. The van der Waals surface area contributed by atoms with Gasteiger partial charge in [0.25, 0.3) is 0 Å². The van der Waals surface area contributed by atoms with Gasteiger partial charge in [0.1, 0.15) is 18.2 Å². The maximum atomic E-state index is 12.9. The predicted molar refractivity (Wildman–Crippen MR) is 69.6 cm³/mol. The number of carbonyl (C=O) groups excluding carboxylic acids is 1. The summed E-state index contributed by atoms with van der Waals surface area (Å²) in [5.74, 6) is 0.0596. The number of aliphatic hydroxyl groups excluding tert-OH is 1. The normalized spacial score (nSPS) is 11.8. The highest BCUT2D eigenvalue weighted by Crippen LogP contribution is 2.11. The predicted octanol–water partition coefficient (Wildman–Crippen LogP) is 1.23. The second-order valence-electron chi connectivity index (χ2n) is 4.18. The standard InChI is InChI=1S/C13H19FN2O3/c1-10(9-17)16(2)13(18)15-6-7-19-12-5-3-4-11(14)8-12/h3-5,8,10,17H,6-7,9H2,1-2H3,(H,15,18). The molecular formula is C13H19FN2O3. The van der Waals surface area contributed by atoms with Crippen molar-refractivity contribution >= 4 is 6.03 Å². The summed E-state index contributed by atoms with van der Waals surface area (Å²) in [6.07, 6.45) is 0. The Hall–Kier alpha value is -1.82. The van der Waals surface area contributed by atoms with Crippen LogP contribution in [0.4, 0.5) is 9.18 Å². The summed E-state index contributed by atoms with van der Waals surface area (Å²) in [5.41, 5.74) is 0. The summed E-state index contributed by atoms with van der Waals surface area (Å²) in [6, 6.07) is 5.28. The Bertz CT molecular complexity index is 415. The molecule has 2 amide bonds. The van der Waals surface area contributed by atoms with Crippen molar-refractivity contribution in [1.29, 1.82) is 0 Å². The Labute approximate surface area is 112 Å². The van der Waals surface area contributed by atoms with Crippen molar-refractivity contribution in [3.05, 3.63) is 30.1 Å². The van der Waals surface area contributed by atoms with E-state index in [0.717, 1.165) is 0 Å². The fraction of sp³-hybridized carbons (Fsp3) is 0.462. The fourth-order valence-corrected chi connectivity index (χ4v) is 1.33. The molecule has 0 heterocycles. The van der Waals surface area contributed by atoms with Gasteiger partial charge in [0.2, 0.25) is 0 Å². The molecule has 0 saturated heterocycles. The third kappa shape index (κ3) is 5.13. The molecule has 6 heteroatoms. The molecule has 1 rings (SSSR count). The molecule has 0 radical (unpaired) electrons. The van der Waals surface area contributed by atoms with E-state index in [0.29, 0.717) is 12.3 Å². The van der Waals surface area contributed by atoms with Gasteiger partial charge in [-0.05, 0) is 19.1 Å². The zero-order chi connectivity index (χ0) is 14.3. The maximum Gasteiger partial charge on any atom is 0.317 e. The number of nitrogens with one attached hydrogen (secondary N) is 1. The van der Waals surface area contributed by atoms with E-state index < -0.39 is 0 Å². The van der Waals surface area contributed by atoms with E-state index in [4.69, 9.17) is 9.84 Å². The Morgan fingerprint density at radius 3 is 2.95 bits per heavy atom. The number of amides is 2. The highest BCUT2D eigenvalue weighted by molar-refractivity contribution is 5.74. The minimum atomic E-state index is -0.363. The van der Waals surface area contributed by atoms with Crippen LogP contribution in [0.1, 0.15) is 6.92 Å². The summed E-state index contributed by atoms with van der Waals surface area (Å²) >= 11 is 0. The first-order chi connectivity index (χ1) is 9.04. The lowest BCUT2D eigenvalue weighted by molar-refractivity contribution is 0.156. The van der Waals surface area contributed by atoms with E-state index in [1.54, 1.807) is 26.1 Å². The van der Waals surface area contributed by atoms with Gasteiger partial charge >= 0.3 is 6.03 Å².